The third kappa shape index (κ3) is 9.08. The summed E-state index contributed by atoms with van der Waals surface area (Å²) in [4.78, 5) is 80.4. The predicted molar refractivity (Wildman–Crippen MR) is 195 cm³/mol. The summed E-state index contributed by atoms with van der Waals surface area (Å²) in [6, 6.07) is 0. The monoisotopic (exact) mass is 708 g/mol. The van der Waals surface area contributed by atoms with E-state index in [2.05, 4.69) is 0 Å². The van der Waals surface area contributed by atoms with Gasteiger partial charge in [0, 0.05) is 24.7 Å². The van der Waals surface area contributed by atoms with E-state index in [0.29, 0.717) is 12.0 Å². The summed E-state index contributed by atoms with van der Waals surface area (Å²) in [6.45, 7) is 17.3. The molecule has 2 aliphatic carbocycles. The van der Waals surface area contributed by atoms with E-state index in [1.54, 1.807) is 93.5 Å². The van der Waals surface area contributed by atoms with Crippen LogP contribution in [0.4, 0.5) is 0 Å². The molecule has 4 N–H and O–H groups in total. The molecule has 0 amide bonds. The van der Waals surface area contributed by atoms with Crippen LogP contribution in [0.15, 0.2) is 69.3 Å². The number of rotatable bonds is 18. The van der Waals surface area contributed by atoms with Gasteiger partial charge in [-0.25, -0.2) is 0 Å². The Morgan fingerprint density at radius 2 is 1.02 bits per heavy atom. The number of ketones is 6. The van der Waals surface area contributed by atoms with Gasteiger partial charge >= 0.3 is 0 Å². The second kappa shape index (κ2) is 17.5. The van der Waals surface area contributed by atoms with Gasteiger partial charge in [0.2, 0.25) is 0 Å². The highest BCUT2D eigenvalue weighted by molar-refractivity contribution is 6.27. The van der Waals surface area contributed by atoms with Crippen LogP contribution in [-0.2, 0) is 28.8 Å². The third-order valence-electron chi connectivity index (χ3n) is 10.0. The van der Waals surface area contributed by atoms with E-state index in [4.69, 9.17) is 0 Å². The van der Waals surface area contributed by atoms with E-state index in [1.165, 1.54) is 0 Å². The molecule has 0 saturated heterocycles. The number of carbonyl (C=O) groups is 6. The van der Waals surface area contributed by atoms with Crippen LogP contribution in [0, 0.1) is 23.7 Å². The maximum atomic E-state index is 13.6. The Morgan fingerprint density at radius 3 is 1.39 bits per heavy atom. The van der Waals surface area contributed by atoms with Crippen LogP contribution in [0.1, 0.15) is 114 Å². The maximum absolute atomic E-state index is 13.6. The molecular formula is C41H56O10. The van der Waals surface area contributed by atoms with E-state index < -0.39 is 92.2 Å². The van der Waals surface area contributed by atoms with Crippen LogP contribution < -0.4 is 0 Å². The molecule has 0 bridgehead atoms. The number of aliphatic hydroxyl groups is 4. The molecule has 6 atom stereocenters. The first-order chi connectivity index (χ1) is 23.6. The molecule has 0 radical (unpaired) electrons. The molecule has 0 aliphatic heterocycles. The van der Waals surface area contributed by atoms with E-state index in [0.717, 1.165) is 16.7 Å². The maximum Gasteiger partial charge on any atom is 0.191 e. The van der Waals surface area contributed by atoms with E-state index in [1.807, 2.05) is 0 Å². The van der Waals surface area contributed by atoms with Crippen LogP contribution in [0.25, 0.3) is 0 Å². The molecular weight excluding hydrogens is 652 g/mol. The Hall–Kier alpha value is -4.02. The fourth-order valence-electron chi connectivity index (χ4n) is 6.29. The Labute approximate surface area is 301 Å². The van der Waals surface area contributed by atoms with Crippen molar-refractivity contribution >= 4 is 34.7 Å². The molecule has 2 unspecified atom stereocenters. The van der Waals surface area contributed by atoms with Crippen molar-refractivity contribution in [2.45, 2.75) is 125 Å². The van der Waals surface area contributed by atoms with Gasteiger partial charge in [-0.05, 0) is 80.6 Å². The topological polar surface area (TPSA) is 183 Å². The third-order valence-corrected chi connectivity index (χ3v) is 10.0. The highest BCUT2D eigenvalue weighted by Gasteiger charge is 2.60. The van der Waals surface area contributed by atoms with Crippen molar-refractivity contribution in [3.63, 3.8) is 0 Å². The molecule has 10 heteroatoms. The summed E-state index contributed by atoms with van der Waals surface area (Å²) in [6.07, 6.45) is 6.53. The van der Waals surface area contributed by atoms with E-state index in [-0.39, 0.29) is 38.5 Å². The molecule has 10 nitrogen and oxygen atoms in total. The molecule has 0 fully saturated rings. The zero-order valence-corrected chi connectivity index (χ0v) is 31.8. The number of hydrogen-bond acceptors (Lipinski definition) is 10. The van der Waals surface area contributed by atoms with E-state index in [9.17, 15) is 49.2 Å². The zero-order valence-electron chi connectivity index (χ0n) is 31.8. The lowest BCUT2D eigenvalue weighted by Crippen LogP contribution is -2.46. The molecule has 2 rings (SSSR count). The van der Waals surface area contributed by atoms with Crippen molar-refractivity contribution in [3.8, 4) is 0 Å². The largest absolute Gasteiger partial charge is 0.508 e. The van der Waals surface area contributed by atoms with Gasteiger partial charge in [-0.15, -0.1) is 0 Å². The lowest BCUT2D eigenvalue weighted by Gasteiger charge is -2.27. The smallest absolute Gasteiger partial charge is 0.191 e. The second-order valence-corrected chi connectivity index (χ2v) is 14.9. The highest BCUT2D eigenvalue weighted by Crippen LogP contribution is 2.44. The van der Waals surface area contributed by atoms with Gasteiger partial charge in [-0.3, -0.25) is 28.8 Å². The molecule has 0 spiro atoms. The molecule has 2 aliphatic rings. The number of carbonyl (C=O) groups excluding carboxylic acids is 6. The highest BCUT2D eigenvalue weighted by atomic mass is 16.4. The predicted octanol–water partition coefficient (Wildman–Crippen LogP) is 6.61. The number of hydrogen-bond donors (Lipinski definition) is 4. The first kappa shape index (κ1) is 43.1. The number of allylic oxidation sites excluding steroid dienone is 10. The van der Waals surface area contributed by atoms with Crippen molar-refractivity contribution in [1.82, 2.24) is 0 Å². The lowest BCUT2D eigenvalue weighted by atomic mass is 9.80. The van der Waals surface area contributed by atoms with Crippen molar-refractivity contribution in [3.05, 3.63) is 69.3 Å². The fourth-order valence-corrected chi connectivity index (χ4v) is 6.29. The Kier molecular flexibility index (Phi) is 14.8. The molecule has 0 heterocycles. The van der Waals surface area contributed by atoms with Crippen molar-refractivity contribution in [2.75, 3.05) is 0 Å². The summed E-state index contributed by atoms with van der Waals surface area (Å²) >= 11 is 0. The minimum atomic E-state index is -2.59. The second-order valence-electron chi connectivity index (χ2n) is 14.9. The van der Waals surface area contributed by atoms with Crippen molar-refractivity contribution in [2.24, 2.45) is 23.7 Å². The van der Waals surface area contributed by atoms with Crippen molar-refractivity contribution < 1.29 is 49.2 Å². The average Bonchev–Trinajstić information content (AvgIpc) is 3.38. The standard InChI is InChI=1S/C41H56O10/c1-11-26(9)34(44)32-37(47)29(41(51,38(32)48)31(43)21-14-24(6)7)19-16-25(8)15-17-27(10)35(45)33-36(46)28(18-12-22(2)3)40(50,39(33)49)30(42)20-13-23(4)5/h12-14,16,26-29,48-51H,11,15,17-21H2,1-10H3/b25-16+/t26?,27?,28-,29-,40-,41-/m1/s1. The van der Waals surface area contributed by atoms with Gasteiger partial charge in [0.25, 0.3) is 0 Å². The molecule has 0 aromatic carbocycles. The van der Waals surface area contributed by atoms with Gasteiger partial charge in [-0.2, -0.15) is 0 Å². The number of aliphatic hydroxyl groups excluding tert-OH is 2. The summed E-state index contributed by atoms with van der Waals surface area (Å²) in [7, 11) is 0. The summed E-state index contributed by atoms with van der Waals surface area (Å²) < 4.78 is 0. The lowest BCUT2D eigenvalue weighted by molar-refractivity contribution is -0.144. The average molecular weight is 709 g/mol. The van der Waals surface area contributed by atoms with Crippen LogP contribution in [0.3, 0.4) is 0 Å². The number of Topliss-reactive ketones (excluding diaryl/α,β-unsaturated/α-hetero) is 6. The Bertz CT molecular complexity index is 1630. The van der Waals surface area contributed by atoms with Crippen LogP contribution in [-0.4, -0.2) is 66.3 Å². The summed E-state index contributed by atoms with van der Waals surface area (Å²) in [5.41, 5.74) is -3.18. The fraction of sp³-hybridized carbons (Fsp3) is 0.561. The zero-order chi connectivity index (χ0) is 39.2. The normalized spacial score (nSPS) is 24.7. The first-order valence-electron chi connectivity index (χ1n) is 17.7. The van der Waals surface area contributed by atoms with Crippen molar-refractivity contribution in [1.29, 1.82) is 0 Å². The van der Waals surface area contributed by atoms with Crippen LogP contribution in [0.5, 0.6) is 0 Å². The van der Waals surface area contributed by atoms with Crippen LogP contribution in [0.2, 0.25) is 0 Å². The molecule has 51 heavy (non-hydrogen) atoms. The van der Waals surface area contributed by atoms with Gasteiger partial charge in [0.05, 0.1) is 11.8 Å². The molecule has 0 aromatic rings. The van der Waals surface area contributed by atoms with Crippen LogP contribution >= 0.6 is 0 Å². The molecule has 0 saturated carbocycles. The minimum Gasteiger partial charge on any atom is -0.508 e. The van der Waals surface area contributed by atoms with Gasteiger partial charge in [0.1, 0.15) is 22.7 Å². The van der Waals surface area contributed by atoms with Gasteiger partial charge < -0.3 is 20.4 Å². The van der Waals surface area contributed by atoms with Gasteiger partial charge in [-0.1, -0.05) is 67.4 Å². The quantitative estimate of drug-likeness (QED) is 0.0892. The first-order valence-corrected chi connectivity index (χ1v) is 17.7. The summed E-state index contributed by atoms with van der Waals surface area (Å²) in [5.74, 6) is -10.7. The molecule has 0 aromatic heterocycles. The van der Waals surface area contributed by atoms with Gasteiger partial charge in [0.15, 0.2) is 45.9 Å². The summed E-state index contributed by atoms with van der Waals surface area (Å²) in [5, 5.41) is 45.3. The Morgan fingerprint density at radius 1 is 0.647 bits per heavy atom. The SMILES string of the molecule is CCC(C)C(=O)C1=C(O)[C@](O)(C(=O)CC=C(C)C)[C@H](C/C=C(\C)CCC(C)C(=O)C2=C(O)[C@](O)(C(=O)CC=C(C)C)[C@H](CC=C(C)C)C2=O)C1=O. The Balaban J connectivity index is 2.36. The minimum absolute atomic E-state index is 0.0482. The van der Waals surface area contributed by atoms with E-state index >= 15 is 0 Å². The molecule has 280 valence electrons.